The molecule has 1 heterocycles. The summed E-state index contributed by atoms with van der Waals surface area (Å²) >= 11 is -0.962. The number of hydrogen-bond acceptors (Lipinski definition) is 4. The molecule has 0 aromatic heterocycles. The monoisotopic (exact) mass is 401 g/mol. The Morgan fingerprint density at radius 1 is 1.11 bits per heavy atom. The molecule has 28 heavy (non-hydrogen) atoms. The molecule has 5 nitrogen and oxygen atoms in total. The predicted molar refractivity (Wildman–Crippen MR) is 111 cm³/mol. The number of benzene rings is 2. The van der Waals surface area contributed by atoms with Crippen molar-refractivity contribution in [3.05, 3.63) is 54.1 Å². The van der Waals surface area contributed by atoms with Crippen molar-refractivity contribution < 1.29 is 18.8 Å². The molecule has 0 spiro atoms. The number of nitrogens with one attached hydrogen (secondary N) is 1. The lowest BCUT2D eigenvalue weighted by Crippen LogP contribution is -2.38. The van der Waals surface area contributed by atoms with E-state index < -0.39 is 22.9 Å². The van der Waals surface area contributed by atoms with E-state index in [4.69, 9.17) is 9.47 Å². The Kier molecular flexibility index (Phi) is 6.86. The quantitative estimate of drug-likeness (QED) is 0.461. The van der Waals surface area contributed by atoms with E-state index in [0.29, 0.717) is 25.2 Å². The highest BCUT2D eigenvalue weighted by atomic mass is 32.2. The minimum Gasteiger partial charge on any atom is -0.611 e. The highest BCUT2D eigenvalue weighted by molar-refractivity contribution is 7.91. The summed E-state index contributed by atoms with van der Waals surface area (Å²) in [6.45, 7) is 4.60. The van der Waals surface area contributed by atoms with Crippen LogP contribution >= 0.6 is 0 Å². The summed E-state index contributed by atoms with van der Waals surface area (Å²) < 4.78 is 23.8. The molecule has 0 radical (unpaired) electrons. The topological polar surface area (TPSA) is 70.6 Å². The number of hydrogen-bond donors (Lipinski definition) is 1. The molecule has 0 fully saturated rings. The first-order valence-electron chi connectivity index (χ1n) is 9.78. The van der Waals surface area contributed by atoms with Gasteiger partial charge in [0.2, 0.25) is 0 Å². The molecule has 1 amide bonds. The first-order chi connectivity index (χ1) is 13.6. The van der Waals surface area contributed by atoms with Crippen LogP contribution in [0.2, 0.25) is 0 Å². The zero-order valence-electron chi connectivity index (χ0n) is 16.4. The number of fused-ring (bicyclic) bond motifs is 1. The van der Waals surface area contributed by atoms with E-state index in [9.17, 15) is 9.35 Å². The normalized spacial score (nSPS) is 15.9. The first-order valence-corrected chi connectivity index (χ1v) is 11.1. The summed E-state index contributed by atoms with van der Waals surface area (Å²) in [6.07, 6.45) is 2.67. The van der Waals surface area contributed by atoms with Gasteiger partial charge in [-0.3, -0.25) is 5.32 Å². The Balaban J connectivity index is 1.54. The van der Waals surface area contributed by atoms with Gasteiger partial charge in [0, 0.05) is 5.56 Å². The summed E-state index contributed by atoms with van der Waals surface area (Å²) in [5, 5.41) is 2.76. The van der Waals surface area contributed by atoms with Crippen molar-refractivity contribution in [2.45, 2.75) is 50.0 Å². The smallest absolute Gasteiger partial charge is 0.412 e. The number of carbonyl (C=O) groups is 1. The Hall–Kier alpha value is -2.18. The van der Waals surface area contributed by atoms with Crippen LogP contribution < -0.4 is 10.1 Å². The highest BCUT2D eigenvalue weighted by Crippen LogP contribution is 2.42. The Morgan fingerprint density at radius 3 is 2.57 bits per heavy atom. The van der Waals surface area contributed by atoms with Gasteiger partial charge >= 0.3 is 6.09 Å². The third-order valence-electron chi connectivity index (χ3n) is 5.15. The molecular weight excluding hydrogens is 374 g/mol. The third-order valence-corrected chi connectivity index (χ3v) is 6.61. The van der Waals surface area contributed by atoms with E-state index in [1.165, 1.54) is 0 Å². The number of cyclic esters (lactones) is 1. The number of carbonyl (C=O) groups excluding carboxylic acids is 1. The fourth-order valence-electron chi connectivity index (χ4n) is 3.46. The van der Waals surface area contributed by atoms with Crippen molar-refractivity contribution in [1.82, 2.24) is 0 Å². The van der Waals surface area contributed by atoms with Crippen LogP contribution in [0.4, 0.5) is 10.5 Å². The fraction of sp³-hybridized carbons (Fsp3) is 0.409. The average molecular weight is 402 g/mol. The molecule has 1 atom stereocenters. The molecule has 0 saturated heterocycles. The van der Waals surface area contributed by atoms with Gasteiger partial charge in [-0.15, -0.1) is 0 Å². The van der Waals surface area contributed by atoms with Crippen LogP contribution in [0, 0.1) is 0 Å². The van der Waals surface area contributed by atoms with Crippen LogP contribution in [-0.2, 0) is 21.5 Å². The van der Waals surface area contributed by atoms with Crippen molar-refractivity contribution in [3.63, 3.8) is 0 Å². The summed E-state index contributed by atoms with van der Waals surface area (Å²) in [7, 11) is 0. The van der Waals surface area contributed by atoms with Crippen LogP contribution in [-0.4, -0.2) is 23.0 Å². The molecule has 1 aliphatic rings. The van der Waals surface area contributed by atoms with Crippen LogP contribution in [0.15, 0.2) is 53.4 Å². The number of ether oxygens (including phenoxy) is 2. The van der Waals surface area contributed by atoms with E-state index >= 15 is 0 Å². The van der Waals surface area contributed by atoms with Gasteiger partial charge in [-0.2, -0.15) is 0 Å². The number of rotatable bonds is 9. The lowest BCUT2D eigenvalue weighted by Gasteiger charge is -2.37. The van der Waals surface area contributed by atoms with E-state index in [1.807, 2.05) is 62.4 Å². The van der Waals surface area contributed by atoms with Crippen LogP contribution in [0.1, 0.15) is 45.1 Å². The zero-order valence-corrected chi connectivity index (χ0v) is 17.2. The molecule has 6 heteroatoms. The summed E-state index contributed by atoms with van der Waals surface area (Å²) in [5.74, 6) is 1.39. The van der Waals surface area contributed by atoms with E-state index in [-0.39, 0.29) is 0 Å². The van der Waals surface area contributed by atoms with Gasteiger partial charge in [-0.05, 0) is 67.2 Å². The van der Waals surface area contributed by atoms with E-state index in [0.717, 1.165) is 34.7 Å². The summed E-state index contributed by atoms with van der Waals surface area (Å²) in [4.78, 5) is 12.7. The molecule has 0 bridgehead atoms. The van der Waals surface area contributed by atoms with Crippen molar-refractivity contribution >= 4 is 23.0 Å². The molecule has 1 unspecified atom stereocenters. The molecule has 2 aromatic rings. The lowest BCUT2D eigenvalue weighted by molar-refractivity contribution is 0.00453. The maximum absolute atomic E-state index is 12.2. The summed E-state index contributed by atoms with van der Waals surface area (Å²) in [6, 6.07) is 15.2. The molecule has 150 valence electrons. The van der Waals surface area contributed by atoms with Crippen LogP contribution in [0.25, 0.3) is 0 Å². The van der Waals surface area contributed by atoms with Crippen LogP contribution in [0.5, 0.6) is 5.75 Å². The largest absolute Gasteiger partial charge is 0.611 e. The van der Waals surface area contributed by atoms with E-state index in [1.54, 1.807) is 0 Å². The first kappa shape index (κ1) is 20.6. The lowest BCUT2D eigenvalue weighted by atomic mass is 9.86. The molecule has 3 rings (SSSR count). The third kappa shape index (κ3) is 4.62. The van der Waals surface area contributed by atoms with Gasteiger partial charge < -0.3 is 14.0 Å². The molecule has 2 aromatic carbocycles. The zero-order chi connectivity index (χ0) is 20.0. The molecule has 0 aliphatic carbocycles. The van der Waals surface area contributed by atoms with Crippen molar-refractivity contribution in [1.29, 1.82) is 0 Å². The number of unbranched alkanes of at least 4 members (excludes halogenated alkanes) is 1. The van der Waals surface area contributed by atoms with Crippen molar-refractivity contribution in [2.75, 3.05) is 17.7 Å². The van der Waals surface area contributed by atoms with E-state index in [2.05, 4.69) is 5.32 Å². The number of anilines is 1. The molecule has 1 N–H and O–H groups in total. The number of amides is 1. The van der Waals surface area contributed by atoms with Gasteiger partial charge in [0.25, 0.3) is 0 Å². The Labute approximate surface area is 169 Å². The standard InChI is InChI=1S/C22H27NO4S/c1-3-22(4-2)19-16-17(12-13-20(19)23-21(24)27-22)26-14-8-9-15-28(25)18-10-6-5-7-11-18/h5-7,10-13,16H,3-4,8-9,14-15H2,1-2H3,(H,23,24). The average Bonchev–Trinajstić information content (AvgIpc) is 2.73. The SMILES string of the molecule is CCC1(CC)OC(=O)Nc2ccc(OCCCC[S+]([O-])c3ccccc3)cc21. The van der Waals surface area contributed by atoms with Gasteiger partial charge in [-0.25, -0.2) is 4.79 Å². The molecular formula is C22H27NO4S. The minimum atomic E-state index is -0.962. The van der Waals surface area contributed by atoms with Gasteiger partial charge in [-0.1, -0.05) is 32.0 Å². The maximum Gasteiger partial charge on any atom is 0.412 e. The summed E-state index contributed by atoms with van der Waals surface area (Å²) in [5.41, 5.74) is 1.13. The predicted octanol–water partition coefficient (Wildman–Crippen LogP) is 5.23. The minimum absolute atomic E-state index is 0.406. The fourth-order valence-corrected chi connectivity index (χ4v) is 4.62. The van der Waals surface area contributed by atoms with Gasteiger partial charge in [0.05, 0.1) is 12.3 Å². The van der Waals surface area contributed by atoms with Crippen molar-refractivity contribution in [2.24, 2.45) is 0 Å². The Bertz CT molecular complexity index is 792. The van der Waals surface area contributed by atoms with Gasteiger partial charge in [0.15, 0.2) is 4.90 Å². The highest BCUT2D eigenvalue weighted by Gasteiger charge is 2.39. The Morgan fingerprint density at radius 2 is 1.86 bits per heavy atom. The van der Waals surface area contributed by atoms with Gasteiger partial charge in [0.1, 0.15) is 17.1 Å². The molecule has 1 aliphatic heterocycles. The second-order valence-corrected chi connectivity index (χ2v) is 8.41. The van der Waals surface area contributed by atoms with Crippen molar-refractivity contribution in [3.8, 4) is 5.75 Å². The van der Waals surface area contributed by atoms with Crippen LogP contribution in [0.3, 0.4) is 0 Å². The maximum atomic E-state index is 12.2. The second kappa shape index (κ2) is 9.34. The second-order valence-electron chi connectivity index (χ2n) is 6.84. The molecule has 0 saturated carbocycles.